The zero-order valence-corrected chi connectivity index (χ0v) is 8.43. The summed E-state index contributed by atoms with van der Waals surface area (Å²) in [5.41, 5.74) is 1.09. The molecule has 1 aromatic heterocycles. The van der Waals surface area contributed by atoms with Gasteiger partial charge in [-0.05, 0) is 29.7 Å². The van der Waals surface area contributed by atoms with Crippen molar-refractivity contribution >= 4 is 11.8 Å². The van der Waals surface area contributed by atoms with Crippen LogP contribution in [0.3, 0.4) is 0 Å². The highest BCUT2D eigenvalue weighted by atomic mass is 32.2. The Morgan fingerprint density at radius 3 is 3.43 bits per heavy atom. The molecule has 0 aromatic carbocycles. The molecule has 0 bridgehead atoms. The molecule has 0 amide bonds. The van der Waals surface area contributed by atoms with E-state index < -0.39 is 0 Å². The van der Waals surface area contributed by atoms with Crippen LogP contribution in [-0.4, -0.2) is 10.2 Å². The Morgan fingerprint density at radius 2 is 2.50 bits per heavy atom. The summed E-state index contributed by atoms with van der Waals surface area (Å²) in [6.45, 7) is 0. The fourth-order valence-electron chi connectivity index (χ4n) is 2.14. The van der Waals surface area contributed by atoms with Gasteiger partial charge in [0.1, 0.15) is 0 Å². The molecule has 72 valence electrons. The summed E-state index contributed by atoms with van der Waals surface area (Å²) in [6, 6.07) is 0. The maximum Gasteiger partial charge on any atom is 0.278 e. The number of hydrogen-bond donors (Lipinski definition) is 1. The van der Waals surface area contributed by atoms with Crippen molar-refractivity contribution < 1.29 is 0 Å². The second-order valence-electron chi connectivity index (χ2n) is 3.68. The van der Waals surface area contributed by atoms with Gasteiger partial charge in [0.05, 0.1) is 11.1 Å². The van der Waals surface area contributed by atoms with E-state index in [0.717, 1.165) is 23.3 Å². The number of allylic oxidation sites excluding steroid dienone is 2. The van der Waals surface area contributed by atoms with Gasteiger partial charge in [0.2, 0.25) is 0 Å². The Hall–Kier alpha value is -1.03. The molecule has 14 heavy (non-hydrogen) atoms. The summed E-state index contributed by atoms with van der Waals surface area (Å²) < 4.78 is 0. The first kappa shape index (κ1) is 8.29. The fraction of sp³-hybridized carbons (Fsp3) is 0.400. The van der Waals surface area contributed by atoms with E-state index in [2.05, 4.69) is 16.3 Å². The van der Waals surface area contributed by atoms with Gasteiger partial charge in [0.15, 0.2) is 0 Å². The van der Waals surface area contributed by atoms with Crippen molar-refractivity contribution in [2.45, 2.75) is 30.1 Å². The monoisotopic (exact) mass is 206 g/mol. The zero-order chi connectivity index (χ0) is 9.54. The molecular formula is C10H10N2OS. The van der Waals surface area contributed by atoms with Crippen LogP contribution in [0, 0.1) is 0 Å². The predicted octanol–water partition coefficient (Wildman–Crippen LogP) is 2.03. The van der Waals surface area contributed by atoms with Crippen molar-refractivity contribution in [3.63, 3.8) is 0 Å². The Morgan fingerprint density at radius 1 is 1.57 bits per heavy atom. The van der Waals surface area contributed by atoms with Crippen molar-refractivity contribution in [2.75, 3.05) is 0 Å². The highest BCUT2D eigenvalue weighted by molar-refractivity contribution is 8.03. The summed E-state index contributed by atoms with van der Waals surface area (Å²) >= 11 is 1.62. The van der Waals surface area contributed by atoms with Crippen LogP contribution >= 0.6 is 11.8 Å². The molecule has 2 aliphatic rings. The normalized spacial score (nSPS) is 24.0. The van der Waals surface area contributed by atoms with E-state index in [1.54, 1.807) is 18.0 Å². The van der Waals surface area contributed by atoms with Crippen molar-refractivity contribution in [1.82, 2.24) is 10.2 Å². The van der Waals surface area contributed by atoms with Crippen molar-refractivity contribution in [3.05, 3.63) is 33.1 Å². The number of H-pyrrole nitrogens is 1. The van der Waals surface area contributed by atoms with Gasteiger partial charge in [-0.3, -0.25) is 4.79 Å². The van der Waals surface area contributed by atoms with Gasteiger partial charge >= 0.3 is 0 Å². The molecule has 0 fully saturated rings. The lowest BCUT2D eigenvalue weighted by Crippen LogP contribution is -2.11. The van der Waals surface area contributed by atoms with Gasteiger partial charge in [-0.2, -0.15) is 5.10 Å². The van der Waals surface area contributed by atoms with Gasteiger partial charge in [-0.15, -0.1) is 0 Å². The Kier molecular flexibility index (Phi) is 1.77. The summed E-state index contributed by atoms with van der Waals surface area (Å²) in [5.74, 6) is 0.457. The van der Waals surface area contributed by atoms with E-state index in [1.165, 1.54) is 11.3 Å². The second kappa shape index (κ2) is 2.98. The van der Waals surface area contributed by atoms with Crippen LogP contribution in [0.4, 0.5) is 0 Å². The lowest BCUT2D eigenvalue weighted by Gasteiger charge is -2.15. The van der Waals surface area contributed by atoms with Gasteiger partial charge < -0.3 is 0 Å². The molecule has 0 radical (unpaired) electrons. The molecule has 1 aromatic rings. The van der Waals surface area contributed by atoms with Gasteiger partial charge in [-0.1, -0.05) is 17.8 Å². The first-order valence-corrected chi connectivity index (χ1v) is 5.63. The average Bonchev–Trinajstić information content (AvgIpc) is 2.59. The number of fused-ring (bicyclic) bond motifs is 3. The average molecular weight is 206 g/mol. The van der Waals surface area contributed by atoms with Crippen LogP contribution < -0.4 is 5.56 Å². The van der Waals surface area contributed by atoms with Crippen LogP contribution in [-0.2, 0) is 0 Å². The van der Waals surface area contributed by atoms with Crippen LogP contribution in [0.2, 0.25) is 0 Å². The van der Waals surface area contributed by atoms with Crippen molar-refractivity contribution in [1.29, 1.82) is 0 Å². The third-order valence-electron chi connectivity index (χ3n) is 2.82. The van der Waals surface area contributed by atoms with Gasteiger partial charge in [0, 0.05) is 5.92 Å². The smallest absolute Gasteiger partial charge is 0.267 e. The molecule has 0 saturated carbocycles. The number of aromatic amines is 1. The first-order valence-electron chi connectivity index (χ1n) is 4.82. The predicted molar refractivity (Wildman–Crippen MR) is 55.4 cm³/mol. The van der Waals surface area contributed by atoms with Crippen LogP contribution in [0.25, 0.3) is 0 Å². The van der Waals surface area contributed by atoms with E-state index >= 15 is 0 Å². The maximum absolute atomic E-state index is 11.5. The number of thioether (sulfide) groups is 1. The molecule has 3 nitrogen and oxygen atoms in total. The number of nitrogens with one attached hydrogen (secondary N) is 1. The van der Waals surface area contributed by atoms with E-state index in [9.17, 15) is 4.79 Å². The lowest BCUT2D eigenvalue weighted by molar-refractivity contribution is 0.641. The molecule has 1 N–H and O–H groups in total. The molecule has 1 aliphatic carbocycles. The van der Waals surface area contributed by atoms with Gasteiger partial charge in [-0.25, -0.2) is 5.10 Å². The van der Waals surface area contributed by atoms with E-state index in [1.807, 2.05) is 0 Å². The largest absolute Gasteiger partial charge is 0.278 e. The highest BCUT2D eigenvalue weighted by Gasteiger charge is 2.31. The topological polar surface area (TPSA) is 45.8 Å². The molecule has 0 saturated heterocycles. The zero-order valence-electron chi connectivity index (χ0n) is 7.62. The maximum atomic E-state index is 11.5. The third-order valence-corrected chi connectivity index (χ3v) is 4.13. The molecule has 1 unspecified atom stereocenters. The van der Waals surface area contributed by atoms with Crippen LogP contribution in [0.1, 0.15) is 30.7 Å². The summed E-state index contributed by atoms with van der Waals surface area (Å²) in [4.78, 5) is 13.7. The van der Waals surface area contributed by atoms with Crippen molar-refractivity contribution in [3.8, 4) is 0 Å². The fourth-order valence-corrected chi connectivity index (χ4v) is 3.42. The first-order chi connectivity index (χ1) is 6.86. The van der Waals surface area contributed by atoms with Crippen LogP contribution in [0.15, 0.2) is 26.9 Å². The molecule has 2 heterocycles. The third kappa shape index (κ3) is 1.07. The second-order valence-corrected chi connectivity index (χ2v) is 4.76. The highest BCUT2D eigenvalue weighted by Crippen LogP contribution is 2.50. The minimum absolute atomic E-state index is 0.0391. The van der Waals surface area contributed by atoms with Crippen molar-refractivity contribution in [2.24, 2.45) is 0 Å². The quantitative estimate of drug-likeness (QED) is 0.706. The minimum Gasteiger partial charge on any atom is -0.267 e. The minimum atomic E-state index is -0.0391. The summed E-state index contributed by atoms with van der Waals surface area (Å²) in [5, 5.41) is 6.36. The number of aromatic nitrogens is 2. The standard InChI is InChI=1S/C10H10N2OS/c13-10-9-7(5-11-12-10)6-3-1-2-4-8(6)14-9/h4-6H,1-3H2,(H,12,13). The Bertz CT molecular complexity index is 463. The lowest BCUT2D eigenvalue weighted by atomic mass is 9.90. The van der Waals surface area contributed by atoms with E-state index in [4.69, 9.17) is 0 Å². The number of hydrogen-bond acceptors (Lipinski definition) is 3. The van der Waals surface area contributed by atoms with Gasteiger partial charge in [0.25, 0.3) is 5.56 Å². The Balaban J connectivity index is 2.20. The van der Waals surface area contributed by atoms with Crippen LogP contribution in [0.5, 0.6) is 0 Å². The molecule has 1 atom stereocenters. The number of nitrogens with zero attached hydrogens (tertiary/aromatic N) is 1. The summed E-state index contributed by atoms with van der Waals surface area (Å²) in [7, 11) is 0. The molecule has 4 heteroatoms. The Labute approximate surface area is 85.6 Å². The van der Waals surface area contributed by atoms with E-state index in [0.29, 0.717) is 5.92 Å². The summed E-state index contributed by atoms with van der Waals surface area (Å²) in [6.07, 6.45) is 7.61. The molecular weight excluding hydrogens is 196 g/mol. The number of rotatable bonds is 0. The molecule has 3 rings (SSSR count). The molecule has 1 aliphatic heterocycles. The SMILES string of the molecule is O=c1[nH]ncc2c1SC1=CCCCC12. The van der Waals surface area contributed by atoms with E-state index in [-0.39, 0.29) is 5.56 Å². The molecule has 0 spiro atoms.